The molecule has 0 aromatic carbocycles. The Balaban J connectivity index is 2.04. The van der Waals surface area contributed by atoms with Gasteiger partial charge in [-0.2, -0.15) is 0 Å². The van der Waals surface area contributed by atoms with Gasteiger partial charge < -0.3 is 14.6 Å². The van der Waals surface area contributed by atoms with Crippen LogP contribution < -0.4 is 0 Å². The number of rotatable bonds is 0. The average Bonchev–Trinajstić information content (AvgIpc) is 2.53. The predicted octanol–water partition coefficient (Wildman–Crippen LogP) is -0.940. The number of carbonyl (C=O) groups excluding carboxylic acids is 1. The number of aliphatic hydroxyl groups is 1. The first-order valence-corrected chi connectivity index (χ1v) is 3.81. The smallest absolute Gasteiger partial charge is 0.312 e. The van der Waals surface area contributed by atoms with E-state index in [9.17, 15) is 9.90 Å². The lowest BCUT2D eigenvalue weighted by atomic mass is 9.88. The first kappa shape index (κ1) is 5.97. The van der Waals surface area contributed by atoms with Gasteiger partial charge in [0.15, 0.2) is 6.10 Å². The van der Waals surface area contributed by atoms with Gasteiger partial charge in [0.2, 0.25) is 0 Å². The fourth-order valence-electron chi connectivity index (χ4n) is 2.26. The number of esters is 1. The van der Waals surface area contributed by atoms with Gasteiger partial charge in [0.05, 0.1) is 12.0 Å². The van der Waals surface area contributed by atoms with Gasteiger partial charge in [-0.25, -0.2) is 0 Å². The molecule has 3 rings (SSSR count). The van der Waals surface area contributed by atoms with Crippen LogP contribution in [0.15, 0.2) is 0 Å². The van der Waals surface area contributed by atoms with Crippen LogP contribution in [0.1, 0.15) is 6.42 Å². The molecule has 0 aliphatic carbocycles. The summed E-state index contributed by atoms with van der Waals surface area (Å²) in [6.45, 7) is 0. The summed E-state index contributed by atoms with van der Waals surface area (Å²) in [5.41, 5.74) is 0. The van der Waals surface area contributed by atoms with Crippen molar-refractivity contribution in [1.29, 1.82) is 0 Å². The molecule has 0 amide bonds. The molecule has 5 atom stereocenters. The molecule has 0 radical (unpaired) electrons. The average molecular weight is 156 g/mol. The minimum absolute atomic E-state index is 0.0894. The Labute approximate surface area is 63.1 Å². The molecule has 11 heavy (non-hydrogen) atoms. The zero-order valence-electron chi connectivity index (χ0n) is 5.77. The molecular weight excluding hydrogens is 148 g/mol. The number of fused-ring (bicyclic) bond motifs is 1. The van der Waals surface area contributed by atoms with Crippen molar-refractivity contribution >= 4 is 5.97 Å². The van der Waals surface area contributed by atoms with Gasteiger partial charge in [0.1, 0.15) is 12.2 Å². The maximum atomic E-state index is 11.0. The maximum absolute atomic E-state index is 11.0. The largest absolute Gasteiger partial charge is 0.456 e. The molecule has 4 heteroatoms. The third-order valence-corrected chi connectivity index (χ3v) is 2.81. The van der Waals surface area contributed by atoms with Crippen molar-refractivity contribution in [1.82, 2.24) is 0 Å². The fraction of sp³-hybridized carbons (Fsp3) is 0.857. The lowest BCUT2D eigenvalue weighted by Gasteiger charge is -2.15. The standard InChI is InChI=1S/C7H8O4/c8-4-3-1-2-5(10-3)6(4)11-7(2)9/h2-6,8H,1H2/t2-,3-,4-,5+,6-/m1/s1. The molecule has 0 spiro atoms. The van der Waals surface area contributed by atoms with E-state index in [0.717, 1.165) is 0 Å². The summed E-state index contributed by atoms with van der Waals surface area (Å²) in [7, 11) is 0. The van der Waals surface area contributed by atoms with E-state index < -0.39 is 6.10 Å². The highest BCUT2D eigenvalue weighted by Gasteiger charge is 2.63. The lowest BCUT2D eigenvalue weighted by Crippen LogP contribution is -2.36. The van der Waals surface area contributed by atoms with Crippen molar-refractivity contribution in [2.24, 2.45) is 5.92 Å². The Morgan fingerprint density at radius 3 is 2.91 bits per heavy atom. The molecule has 2 bridgehead atoms. The molecule has 3 saturated heterocycles. The van der Waals surface area contributed by atoms with Crippen LogP contribution in [0.3, 0.4) is 0 Å². The van der Waals surface area contributed by atoms with Gasteiger partial charge in [-0.15, -0.1) is 0 Å². The van der Waals surface area contributed by atoms with Gasteiger partial charge in [0, 0.05) is 0 Å². The van der Waals surface area contributed by atoms with Gasteiger partial charge >= 0.3 is 5.97 Å². The van der Waals surface area contributed by atoms with Crippen LogP contribution in [0.4, 0.5) is 0 Å². The Hall–Kier alpha value is -0.610. The Kier molecular flexibility index (Phi) is 0.863. The molecule has 0 aromatic rings. The normalized spacial score (nSPS) is 58.6. The van der Waals surface area contributed by atoms with Gasteiger partial charge in [-0.1, -0.05) is 0 Å². The molecule has 4 nitrogen and oxygen atoms in total. The Morgan fingerprint density at radius 1 is 1.45 bits per heavy atom. The van der Waals surface area contributed by atoms with E-state index in [4.69, 9.17) is 9.47 Å². The van der Waals surface area contributed by atoms with Crippen LogP contribution in [0.5, 0.6) is 0 Å². The predicted molar refractivity (Wildman–Crippen MR) is 32.7 cm³/mol. The second-order valence-electron chi connectivity index (χ2n) is 3.37. The van der Waals surface area contributed by atoms with Crippen molar-refractivity contribution in [3.63, 3.8) is 0 Å². The van der Waals surface area contributed by atoms with Crippen LogP contribution in [-0.2, 0) is 14.3 Å². The number of carbonyl (C=O) groups is 1. The van der Waals surface area contributed by atoms with Crippen molar-refractivity contribution in [2.75, 3.05) is 0 Å². The summed E-state index contributed by atoms with van der Waals surface area (Å²) in [5, 5.41) is 9.42. The minimum atomic E-state index is -0.581. The van der Waals surface area contributed by atoms with Crippen molar-refractivity contribution in [3.8, 4) is 0 Å². The molecule has 0 aromatic heterocycles. The fourth-order valence-corrected chi connectivity index (χ4v) is 2.26. The second kappa shape index (κ2) is 1.59. The Morgan fingerprint density at radius 2 is 2.27 bits per heavy atom. The topological polar surface area (TPSA) is 55.8 Å². The number of hydrogen-bond acceptors (Lipinski definition) is 4. The SMILES string of the molecule is O=C1O[C@@H]2[C@H](O)[C@H]3C[C@@H]1[C@@H]2O3. The van der Waals surface area contributed by atoms with Crippen LogP contribution in [-0.4, -0.2) is 35.5 Å². The zero-order valence-corrected chi connectivity index (χ0v) is 5.77. The molecule has 3 heterocycles. The van der Waals surface area contributed by atoms with Gasteiger partial charge in [-0.3, -0.25) is 4.79 Å². The third-order valence-electron chi connectivity index (χ3n) is 2.81. The van der Waals surface area contributed by atoms with Gasteiger partial charge in [0.25, 0.3) is 0 Å². The van der Waals surface area contributed by atoms with Gasteiger partial charge in [-0.05, 0) is 6.42 Å². The molecular formula is C7H8O4. The minimum Gasteiger partial charge on any atom is -0.456 e. The third kappa shape index (κ3) is 0.520. The molecule has 60 valence electrons. The first-order chi connectivity index (χ1) is 5.27. The summed E-state index contributed by atoms with van der Waals surface area (Å²) in [5.74, 6) is -0.285. The molecule has 3 fully saturated rings. The van der Waals surface area contributed by atoms with Crippen LogP contribution in [0.2, 0.25) is 0 Å². The molecule has 0 unspecified atom stereocenters. The monoisotopic (exact) mass is 156 g/mol. The lowest BCUT2D eigenvalue weighted by molar-refractivity contribution is -0.145. The maximum Gasteiger partial charge on any atom is 0.312 e. The number of aliphatic hydroxyl groups excluding tert-OH is 1. The number of ether oxygens (including phenoxy) is 2. The van der Waals surface area contributed by atoms with Crippen LogP contribution in [0, 0.1) is 5.92 Å². The summed E-state index contributed by atoms with van der Waals surface area (Å²) >= 11 is 0. The van der Waals surface area contributed by atoms with E-state index in [1.807, 2.05) is 0 Å². The highest BCUT2D eigenvalue weighted by atomic mass is 16.6. The van der Waals surface area contributed by atoms with Crippen molar-refractivity contribution in [3.05, 3.63) is 0 Å². The molecule has 3 aliphatic heterocycles. The molecule has 1 N–H and O–H groups in total. The zero-order chi connectivity index (χ0) is 7.59. The Bertz CT molecular complexity index is 226. The highest BCUT2D eigenvalue weighted by Crippen LogP contribution is 2.45. The van der Waals surface area contributed by atoms with E-state index in [1.54, 1.807) is 0 Å². The number of hydrogen-bond donors (Lipinski definition) is 1. The van der Waals surface area contributed by atoms with E-state index in [0.29, 0.717) is 6.42 Å². The molecule has 3 aliphatic rings. The molecule has 0 saturated carbocycles. The summed E-state index contributed by atoms with van der Waals surface area (Å²) in [6, 6.07) is 0. The highest BCUT2D eigenvalue weighted by molar-refractivity contribution is 5.77. The first-order valence-electron chi connectivity index (χ1n) is 3.81. The summed E-state index contributed by atoms with van der Waals surface area (Å²) < 4.78 is 10.3. The van der Waals surface area contributed by atoms with E-state index in [-0.39, 0.29) is 30.2 Å². The van der Waals surface area contributed by atoms with E-state index in [1.165, 1.54) is 0 Å². The van der Waals surface area contributed by atoms with Crippen LogP contribution in [0.25, 0.3) is 0 Å². The second-order valence-corrected chi connectivity index (χ2v) is 3.37. The van der Waals surface area contributed by atoms with E-state index >= 15 is 0 Å². The van der Waals surface area contributed by atoms with E-state index in [2.05, 4.69) is 0 Å². The summed E-state index contributed by atoms with van der Waals surface area (Å²) in [4.78, 5) is 11.0. The van der Waals surface area contributed by atoms with Crippen molar-refractivity contribution in [2.45, 2.75) is 30.8 Å². The van der Waals surface area contributed by atoms with Crippen molar-refractivity contribution < 1.29 is 19.4 Å². The van der Waals surface area contributed by atoms with Crippen LogP contribution >= 0.6 is 0 Å². The quantitative estimate of drug-likeness (QED) is 0.460. The summed E-state index contributed by atoms with van der Waals surface area (Å²) in [6.07, 6.45) is -0.612.